The Morgan fingerprint density at radius 2 is 2.23 bits per heavy atom. The average molecular weight is 184 g/mol. The minimum Gasteiger partial charge on any atom is -0.380 e. The maximum absolute atomic E-state index is 13.0. The van der Waals surface area contributed by atoms with E-state index in [-0.39, 0.29) is 11.4 Å². The molecule has 0 fully saturated rings. The standard InChI is InChI=1S/C8H9FN2O2/c9-7-4-2-1-3-6(7)8(10)11-13-5-12/h1-4,12H,5H2,(H2,10,11). The van der Waals surface area contributed by atoms with Gasteiger partial charge in [0.1, 0.15) is 5.82 Å². The number of aliphatic hydroxyl groups excluding tert-OH is 1. The van der Waals surface area contributed by atoms with Crippen LogP contribution in [0.15, 0.2) is 29.4 Å². The molecule has 0 saturated carbocycles. The van der Waals surface area contributed by atoms with E-state index in [1.165, 1.54) is 12.1 Å². The predicted octanol–water partition coefficient (Wildman–Crippen LogP) is 0.412. The first-order valence-corrected chi connectivity index (χ1v) is 3.57. The molecule has 0 aromatic heterocycles. The Morgan fingerprint density at radius 3 is 2.85 bits per heavy atom. The van der Waals surface area contributed by atoms with Crippen molar-refractivity contribution >= 4 is 5.84 Å². The Hall–Kier alpha value is -1.62. The van der Waals surface area contributed by atoms with E-state index in [0.29, 0.717) is 0 Å². The normalized spacial score (nSPS) is 11.4. The van der Waals surface area contributed by atoms with Crippen molar-refractivity contribution in [1.29, 1.82) is 0 Å². The molecule has 0 heterocycles. The number of hydrogen-bond donors (Lipinski definition) is 2. The molecular weight excluding hydrogens is 175 g/mol. The van der Waals surface area contributed by atoms with Crippen LogP contribution in [0.1, 0.15) is 5.56 Å². The van der Waals surface area contributed by atoms with Gasteiger partial charge in [0.25, 0.3) is 0 Å². The molecule has 0 radical (unpaired) electrons. The summed E-state index contributed by atoms with van der Waals surface area (Å²) < 4.78 is 13.0. The van der Waals surface area contributed by atoms with Crippen LogP contribution in [0.5, 0.6) is 0 Å². The van der Waals surface area contributed by atoms with Crippen molar-refractivity contribution in [3.63, 3.8) is 0 Å². The summed E-state index contributed by atoms with van der Waals surface area (Å²) in [5.41, 5.74) is 5.50. The second kappa shape index (κ2) is 4.42. The Balaban J connectivity index is 2.88. The first-order valence-electron chi connectivity index (χ1n) is 3.57. The fourth-order valence-electron chi connectivity index (χ4n) is 0.817. The Bertz CT molecular complexity index is 315. The predicted molar refractivity (Wildman–Crippen MR) is 45.3 cm³/mol. The minimum atomic E-state index is -0.588. The van der Waals surface area contributed by atoms with Crippen LogP contribution in [-0.2, 0) is 4.84 Å². The van der Waals surface area contributed by atoms with E-state index in [1.807, 2.05) is 0 Å². The monoisotopic (exact) mass is 184 g/mol. The van der Waals surface area contributed by atoms with Crippen LogP contribution in [0.3, 0.4) is 0 Å². The lowest BCUT2D eigenvalue weighted by molar-refractivity contribution is 0.00173. The fourth-order valence-corrected chi connectivity index (χ4v) is 0.817. The van der Waals surface area contributed by atoms with E-state index in [0.717, 1.165) is 0 Å². The van der Waals surface area contributed by atoms with Crippen molar-refractivity contribution in [1.82, 2.24) is 0 Å². The fraction of sp³-hybridized carbons (Fsp3) is 0.125. The molecule has 5 heteroatoms. The summed E-state index contributed by atoms with van der Waals surface area (Å²) in [5.74, 6) is -0.586. The number of nitrogens with two attached hydrogens (primary N) is 1. The van der Waals surface area contributed by atoms with Gasteiger partial charge >= 0.3 is 0 Å². The van der Waals surface area contributed by atoms with Gasteiger partial charge in [-0.1, -0.05) is 17.3 Å². The third kappa shape index (κ3) is 2.41. The van der Waals surface area contributed by atoms with E-state index < -0.39 is 12.6 Å². The third-order valence-corrected chi connectivity index (χ3v) is 1.37. The van der Waals surface area contributed by atoms with Crippen molar-refractivity contribution in [2.75, 3.05) is 6.79 Å². The van der Waals surface area contributed by atoms with Gasteiger partial charge in [-0.2, -0.15) is 0 Å². The van der Waals surface area contributed by atoms with E-state index in [1.54, 1.807) is 12.1 Å². The molecule has 13 heavy (non-hydrogen) atoms. The number of amidine groups is 1. The van der Waals surface area contributed by atoms with Gasteiger partial charge in [0.15, 0.2) is 5.84 Å². The molecule has 1 rings (SSSR count). The maximum Gasteiger partial charge on any atom is 0.214 e. The molecule has 1 aromatic carbocycles. The van der Waals surface area contributed by atoms with Crippen LogP contribution in [0.2, 0.25) is 0 Å². The number of rotatable bonds is 3. The van der Waals surface area contributed by atoms with Gasteiger partial charge < -0.3 is 15.7 Å². The summed E-state index contributed by atoms with van der Waals surface area (Å²) >= 11 is 0. The molecule has 0 atom stereocenters. The lowest BCUT2D eigenvalue weighted by Gasteiger charge is -2.00. The number of oxime groups is 1. The summed E-state index contributed by atoms with van der Waals surface area (Å²) in [4.78, 5) is 4.26. The molecule has 0 aliphatic heterocycles. The van der Waals surface area contributed by atoms with Crippen molar-refractivity contribution in [2.45, 2.75) is 0 Å². The van der Waals surface area contributed by atoms with Crippen LogP contribution >= 0.6 is 0 Å². The molecule has 0 spiro atoms. The molecule has 0 saturated heterocycles. The first kappa shape index (κ1) is 9.47. The van der Waals surface area contributed by atoms with Gasteiger partial charge in [-0.3, -0.25) is 0 Å². The molecular formula is C8H9FN2O2. The second-order valence-corrected chi connectivity index (χ2v) is 2.21. The van der Waals surface area contributed by atoms with E-state index in [4.69, 9.17) is 10.8 Å². The highest BCUT2D eigenvalue weighted by Crippen LogP contribution is 2.05. The van der Waals surface area contributed by atoms with Crippen LogP contribution < -0.4 is 5.73 Å². The maximum atomic E-state index is 13.0. The average Bonchev–Trinajstić information content (AvgIpc) is 2.15. The molecule has 0 amide bonds. The van der Waals surface area contributed by atoms with Gasteiger partial charge in [0.2, 0.25) is 6.79 Å². The number of halogens is 1. The number of hydrogen-bond acceptors (Lipinski definition) is 3. The largest absolute Gasteiger partial charge is 0.380 e. The summed E-state index contributed by atoms with van der Waals surface area (Å²) in [6.07, 6.45) is 0. The van der Waals surface area contributed by atoms with Crippen LogP contribution in [-0.4, -0.2) is 17.7 Å². The molecule has 0 aliphatic rings. The van der Waals surface area contributed by atoms with Crippen molar-refractivity contribution in [3.05, 3.63) is 35.6 Å². The zero-order chi connectivity index (χ0) is 9.68. The highest BCUT2D eigenvalue weighted by atomic mass is 19.1. The van der Waals surface area contributed by atoms with Crippen LogP contribution in [0, 0.1) is 5.82 Å². The Morgan fingerprint density at radius 1 is 1.54 bits per heavy atom. The summed E-state index contributed by atoms with van der Waals surface area (Å²) in [6.45, 7) is -0.588. The zero-order valence-corrected chi connectivity index (χ0v) is 6.77. The van der Waals surface area contributed by atoms with Gasteiger partial charge in [-0.15, -0.1) is 0 Å². The lowest BCUT2D eigenvalue weighted by Crippen LogP contribution is -2.15. The molecule has 0 bridgehead atoms. The van der Waals surface area contributed by atoms with Crippen molar-refractivity contribution in [2.24, 2.45) is 10.9 Å². The Labute approximate surface area is 74.4 Å². The molecule has 70 valence electrons. The Kier molecular flexibility index (Phi) is 3.22. The molecule has 0 aliphatic carbocycles. The summed E-state index contributed by atoms with van der Waals surface area (Å²) in [6, 6.07) is 5.89. The molecule has 3 N–H and O–H groups in total. The van der Waals surface area contributed by atoms with Crippen LogP contribution in [0.25, 0.3) is 0 Å². The zero-order valence-electron chi connectivity index (χ0n) is 6.77. The minimum absolute atomic E-state index is 0.104. The second-order valence-electron chi connectivity index (χ2n) is 2.21. The van der Waals surface area contributed by atoms with Crippen molar-refractivity contribution < 1.29 is 14.3 Å². The van der Waals surface area contributed by atoms with Gasteiger partial charge in [0, 0.05) is 0 Å². The SMILES string of the molecule is N/C(=N\OCO)c1ccccc1F. The number of nitrogens with zero attached hydrogens (tertiary/aromatic N) is 1. The van der Waals surface area contributed by atoms with Gasteiger partial charge in [0.05, 0.1) is 5.56 Å². The van der Waals surface area contributed by atoms with Gasteiger partial charge in [-0.25, -0.2) is 4.39 Å². The number of aliphatic hydroxyl groups is 1. The summed E-state index contributed by atoms with van der Waals surface area (Å²) in [5, 5.41) is 11.5. The highest BCUT2D eigenvalue weighted by molar-refractivity contribution is 5.97. The highest BCUT2D eigenvalue weighted by Gasteiger charge is 2.04. The molecule has 1 aromatic rings. The van der Waals surface area contributed by atoms with Crippen molar-refractivity contribution in [3.8, 4) is 0 Å². The topological polar surface area (TPSA) is 67.8 Å². The van der Waals surface area contributed by atoms with Crippen LogP contribution in [0.4, 0.5) is 4.39 Å². The number of benzene rings is 1. The molecule has 4 nitrogen and oxygen atoms in total. The molecule has 0 unspecified atom stereocenters. The van der Waals surface area contributed by atoms with E-state index in [9.17, 15) is 4.39 Å². The first-order chi connectivity index (χ1) is 6.25. The lowest BCUT2D eigenvalue weighted by atomic mass is 10.2. The summed E-state index contributed by atoms with van der Waals surface area (Å²) in [7, 11) is 0. The van der Waals surface area contributed by atoms with Gasteiger partial charge in [-0.05, 0) is 12.1 Å². The third-order valence-electron chi connectivity index (χ3n) is 1.37. The quantitative estimate of drug-likeness (QED) is 0.309. The smallest absolute Gasteiger partial charge is 0.214 e. The van der Waals surface area contributed by atoms with E-state index in [2.05, 4.69) is 9.99 Å². The van der Waals surface area contributed by atoms with E-state index >= 15 is 0 Å².